The van der Waals surface area contributed by atoms with Crippen LogP contribution in [-0.2, 0) is 0 Å². The van der Waals surface area contributed by atoms with Crippen LogP contribution in [0.2, 0.25) is 0 Å². The van der Waals surface area contributed by atoms with Gasteiger partial charge in [-0.3, -0.25) is 0 Å². The minimum atomic E-state index is 0.865. The van der Waals surface area contributed by atoms with Gasteiger partial charge >= 0.3 is 0 Å². The molecule has 2 rings (SSSR count). The van der Waals surface area contributed by atoms with Crippen LogP contribution in [0, 0.1) is 11.8 Å². The molecule has 74 valence electrons. The van der Waals surface area contributed by atoms with Crippen molar-refractivity contribution in [2.45, 2.75) is 45.1 Å². The fourth-order valence-electron chi connectivity index (χ4n) is 3.01. The molecule has 0 aromatic rings. The number of hydrogen-bond donors (Lipinski definition) is 1. The Kier molecular flexibility index (Phi) is 3.05. The quantitative estimate of drug-likeness (QED) is 0.517. The normalized spacial score (nSPS) is 37.8. The average molecular weight is 179 g/mol. The number of nitrogens with one attached hydrogen (secondary N) is 1. The van der Waals surface area contributed by atoms with E-state index in [0.29, 0.717) is 0 Å². The molecule has 2 aliphatic carbocycles. The highest BCUT2D eigenvalue weighted by Crippen LogP contribution is 2.44. The molecule has 0 aliphatic heterocycles. The molecule has 2 saturated carbocycles. The first-order valence-electron chi connectivity index (χ1n) is 5.74. The van der Waals surface area contributed by atoms with Gasteiger partial charge in [-0.25, -0.2) is 0 Å². The van der Waals surface area contributed by atoms with Crippen molar-refractivity contribution < 1.29 is 0 Å². The summed E-state index contributed by atoms with van der Waals surface area (Å²) >= 11 is 0. The molecular weight excluding hydrogens is 158 g/mol. The maximum atomic E-state index is 3.70. The zero-order valence-electron chi connectivity index (χ0n) is 8.63. The molecule has 2 bridgehead atoms. The molecule has 0 aromatic heterocycles. The summed E-state index contributed by atoms with van der Waals surface area (Å²) in [6.45, 7) is 3.27. The zero-order valence-corrected chi connectivity index (χ0v) is 8.63. The molecular formula is C12H21N. The van der Waals surface area contributed by atoms with Gasteiger partial charge in [-0.05, 0) is 51.0 Å². The SMILES string of the molecule is C/C=C/CCNC1CC2CCC1C2. The molecule has 0 spiro atoms. The van der Waals surface area contributed by atoms with Crippen molar-refractivity contribution in [1.29, 1.82) is 0 Å². The number of rotatable bonds is 4. The Morgan fingerprint density at radius 1 is 1.31 bits per heavy atom. The maximum Gasteiger partial charge on any atom is 0.00981 e. The first kappa shape index (κ1) is 9.26. The second kappa shape index (κ2) is 4.28. The molecule has 1 nitrogen and oxygen atoms in total. The van der Waals surface area contributed by atoms with Gasteiger partial charge in [-0.2, -0.15) is 0 Å². The van der Waals surface area contributed by atoms with Crippen LogP contribution in [0.4, 0.5) is 0 Å². The van der Waals surface area contributed by atoms with Gasteiger partial charge in [0.2, 0.25) is 0 Å². The molecule has 1 N–H and O–H groups in total. The molecule has 1 heteroatoms. The van der Waals surface area contributed by atoms with Crippen molar-refractivity contribution in [2.75, 3.05) is 6.54 Å². The summed E-state index contributed by atoms with van der Waals surface area (Å²) in [4.78, 5) is 0. The second-order valence-corrected chi connectivity index (χ2v) is 4.59. The van der Waals surface area contributed by atoms with Gasteiger partial charge in [0.25, 0.3) is 0 Å². The van der Waals surface area contributed by atoms with E-state index in [-0.39, 0.29) is 0 Å². The van der Waals surface area contributed by atoms with E-state index in [2.05, 4.69) is 24.4 Å². The van der Waals surface area contributed by atoms with Crippen LogP contribution in [0.25, 0.3) is 0 Å². The molecule has 0 aromatic carbocycles. The predicted octanol–water partition coefficient (Wildman–Crippen LogP) is 2.73. The van der Waals surface area contributed by atoms with Crippen LogP contribution < -0.4 is 5.32 Å². The molecule has 13 heavy (non-hydrogen) atoms. The van der Waals surface area contributed by atoms with E-state index in [9.17, 15) is 0 Å². The number of fused-ring (bicyclic) bond motifs is 2. The topological polar surface area (TPSA) is 12.0 Å². The summed E-state index contributed by atoms with van der Waals surface area (Å²) in [5.41, 5.74) is 0. The zero-order chi connectivity index (χ0) is 9.10. The fourth-order valence-corrected chi connectivity index (χ4v) is 3.01. The lowest BCUT2D eigenvalue weighted by atomic mass is 9.95. The summed E-state index contributed by atoms with van der Waals surface area (Å²) in [7, 11) is 0. The summed E-state index contributed by atoms with van der Waals surface area (Å²) in [6.07, 6.45) is 11.6. The van der Waals surface area contributed by atoms with Crippen molar-refractivity contribution in [3.63, 3.8) is 0 Å². The Morgan fingerprint density at radius 2 is 2.23 bits per heavy atom. The van der Waals surface area contributed by atoms with E-state index >= 15 is 0 Å². The largest absolute Gasteiger partial charge is 0.313 e. The van der Waals surface area contributed by atoms with Crippen LogP contribution in [0.15, 0.2) is 12.2 Å². The van der Waals surface area contributed by atoms with Gasteiger partial charge in [0.1, 0.15) is 0 Å². The van der Waals surface area contributed by atoms with E-state index in [1.807, 2.05) is 0 Å². The molecule has 0 saturated heterocycles. The third kappa shape index (κ3) is 2.14. The molecule has 2 aliphatic rings. The van der Waals surface area contributed by atoms with Gasteiger partial charge in [0.05, 0.1) is 0 Å². The Labute approximate surface area is 81.6 Å². The van der Waals surface area contributed by atoms with Crippen molar-refractivity contribution in [2.24, 2.45) is 11.8 Å². The van der Waals surface area contributed by atoms with Gasteiger partial charge in [0.15, 0.2) is 0 Å². The lowest BCUT2D eigenvalue weighted by molar-refractivity contribution is 0.355. The van der Waals surface area contributed by atoms with E-state index < -0.39 is 0 Å². The molecule has 2 fully saturated rings. The number of hydrogen-bond acceptors (Lipinski definition) is 1. The average Bonchev–Trinajstić information content (AvgIpc) is 2.73. The van der Waals surface area contributed by atoms with Crippen molar-refractivity contribution in [3.05, 3.63) is 12.2 Å². The van der Waals surface area contributed by atoms with Gasteiger partial charge in [-0.1, -0.05) is 18.6 Å². The van der Waals surface area contributed by atoms with Crippen molar-refractivity contribution >= 4 is 0 Å². The predicted molar refractivity (Wildman–Crippen MR) is 56.7 cm³/mol. The van der Waals surface area contributed by atoms with Crippen LogP contribution in [0.5, 0.6) is 0 Å². The minimum absolute atomic E-state index is 0.865. The fraction of sp³-hybridized carbons (Fsp3) is 0.833. The highest BCUT2D eigenvalue weighted by molar-refractivity contribution is 4.94. The van der Waals surface area contributed by atoms with Crippen LogP contribution in [0.3, 0.4) is 0 Å². The van der Waals surface area contributed by atoms with Crippen molar-refractivity contribution in [3.8, 4) is 0 Å². The third-order valence-electron chi connectivity index (χ3n) is 3.69. The maximum absolute atomic E-state index is 3.70. The van der Waals surface area contributed by atoms with E-state index in [4.69, 9.17) is 0 Å². The highest BCUT2D eigenvalue weighted by Gasteiger charge is 2.38. The molecule has 0 radical (unpaired) electrons. The van der Waals surface area contributed by atoms with Gasteiger partial charge in [0, 0.05) is 6.04 Å². The van der Waals surface area contributed by atoms with Crippen LogP contribution in [0.1, 0.15) is 39.0 Å². The smallest absolute Gasteiger partial charge is 0.00981 e. The van der Waals surface area contributed by atoms with E-state index in [0.717, 1.165) is 17.9 Å². The summed E-state index contributed by atoms with van der Waals surface area (Å²) in [6, 6.07) is 0.865. The summed E-state index contributed by atoms with van der Waals surface area (Å²) in [5.74, 6) is 2.10. The minimum Gasteiger partial charge on any atom is -0.313 e. The first-order valence-corrected chi connectivity index (χ1v) is 5.74. The Morgan fingerprint density at radius 3 is 2.85 bits per heavy atom. The van der Waals surface area contributed by atoms with Crippen LogP contribution in [-0.4, -0.2) is 12.6 Å². The van der Waals surface area contributed by atoms with Crippen molar-refractivity contribution in [1.82, 2.24) is 5.32 Å². The first-order chi connectivity index (χ1) is 6.40. The molecule has 0 heterocycles. The molecule has 3 atom stereocenters. The summed E-state index contributed by atoms with van der Waals surface area (Å²) in [5, 5.41) is 3.70. The standard InChI is InChI=1S/C12H21N/c1-2-3-4-7-13-12-9-10-5-6-11(12)8-10/h2-3,10-13H,4-9H2,1H3/b3-2+. The van der Waals surface area contributed by atoms with Gasteiger partial charge < -0.3 is 5.32 Å². The Balaban J connectivity index is 1.66. The summed E-state index contributed by atoms with van der Waals surface area (Å²) < 4.78 is 0. The third-order valence-corrected chi connectivity index (χ3v) is 3.69. The van der Waals surface area contributed by atoms with E-state index in [1.165, 1.54) is 38.6 Å². The van der Waals surface area contributed by atoms with E-state index in [1.54, 1.807) is 0 Å². The van der Waals surface area contributed by atoms with Crippen LogP contribution >= 0.6 is 0 Å². The second-order valence-electron chi connectivity index (χ2n) is 4.59. The number of allylic oxidation sites excluding steroid dienone is 1. The Bertz CT molecular complexity index is 186. The molecule has 3 unspecified atom stereocenters. The lowest BCUT2D eigenvalue weighted by Crippen LogP contribution is -2.34. The Hall–Kier alpha value is -0.300. The lowest BCUT2D eigenvalue weighted by Gasteiger charge is -2.22. The molecule has 0 amide bonds. The monoisotopic (exact) mass is 179 g/mol. The van der Waals surface area contributed by atoms with Gasteiger partial charge in [-0.15, -0.1) is 0 Å². The highest BCUT2D eigenvalue weighted by atomic mass is 14.9.